The quantitative estimate of drug-likeness (QED) is 0.668. The first kappa shape index (κ1) is 13.8. The number of benzene rings is 1. The van der Waals surface area contributed by atoms with Crippen molar-refractivity contribution in [2.75, 3.05) is 16.8 Å². The average Bonchev–Trinajstić information content (AvgIpc) is 2.77. The first-order valence-corrected chi connectivity index (χ1v) is 7.12. The Kier molecular flexibility index (Phi) is 4.33. The molecular formula is C11H11FN4OS2. The molecule has 1 aromatic heterocycles. The summed E-state index contributed by atoms with van der Waals surface area (Å²) in [5.41, 5.74) is 5.89. The third-order valence-corrected chi connectivity index (χ3v) is 4.09. The van der Waals surface area contributed by atoms with Gasteiger partial charge in [0.05, 0.1) is 11.4 Å². The minimum absolute atomic E-state index is 0.00482. The lowest BCUT2D eigenvalue weighted by Gasteiger charge is -2.05. The zero-order valence-corrected chi connectivity index (χ0v) is 11.6. The molecular weight excluding hydrogens is 287 g/mol. The zero-order chi connectivity index (χ0) is 13.8. The Morgan fingerprint density at radius 2 is 2.32 bits per heavy atom. The van der Waals surface area contributed by atoms with E-state index in [2.05, 4.69) is 15.5 Å². The predicted molar refractivity (Wildman–Crippen MR) is 74.8 cm³/mol. The molecule has 8 heteroatoms. The van der Waals surface area contributed by atoms with Gasteiger partial charge in [0.15, 0.2) is 4.34 Å². The predicted octanol–water partition coefficient (Wildman–Crippen LogP) is 2.30. The monoisotopic (exact) mass is 298 g/mol. The first-order valence-electron chi connectivity index (χ1n) is 5.32. The van der Waals surface area contributed by atoms with Gasteiger partial charge in [0, 0.05) is 5.69 Å². The van der Waals surface area contributed by atoms with Crippen LogP contribution in [0.5, 0.6) is 0 Å². The molecule has 0 unspecified atom stereocenters. The second-order valence-corrected chi connectivity index (χ2v) is 6.06. The molecule has 100 valence electrons. The maximum absolute atomic E-state index is 13.0. The maximum Gasteiger partial charge on any atom is 0.234 e. The lowest BCUT2D eigenvalue weighted by atomic mass is 10.2. The summed E-state index contributed by atoms with van der Waals surface area (Å²) in [6.45, 7) is 1.85. The van der Waals surface area contributed by atoms with Crippen LogP contribution in [-0.2, 0) is 4.79 Å². The fraction of sp³-hybridized carbons (Fsp3) is 0.182. The van der Waals surface area contributed by atoms with Crippen LogP contribution in [0.1, 0.15) is 5.01 Å². The summed E-state index contributed by atoms with van der Waals surface area (Å²) in [5.74, 6) is -0.494. The number of carbonyl (C=O) groups excluding carboxylic acids is 1. The molecule has 0 saturated heterocycles. The van der Waals surface area contributed by atoms with Crippen LogP contribution in [-0.4, -0.2) is 21.9 Å². The van der Waals surface area contributed by atoms with Crippen LogP contribution >= 0.6 is 23.1 Å². The van der Waals surface area contributed by atoms with Gasteiger partial charge >= 0.3 is 0 Å². The van der Waals surface area contributed by atoms with Gasteiger partial charge in [-0.3, -0.25) is 4.79 Å². The molecule has 0 saturated carbocycles. The second kappa shape index (κ2) is 5.98. The molecule has 0 aliphatic heterocycles. The highest BCUT2D eigenvalue weighted by atomic mass is 32.2. The van der Waals surface area contributed by atoms with Crippen LogP contribution in [0.25, 0.3) is 0 Å². The summed E-state index contributed by atoms with van der Waals surface area (Å²) in [6, 6.07) is 4.06. The van der Waals surface area contributed by atoms with Gasteiger partial charge in [0.1, 0.15) is 10.8 Å². The summed E-state index contributed by atoms with van der Waals surface area (Å²) < 4.78 is 13.7. The van der Waals surface area contributed by atoms with E-state index in [-0.39, 0.29) is 17.3 Å². The van der Waals surface area contributed by atoms with Gasteiger partial charge in [-0.05, 0) is 25.1 Å². The van der Waals surface area contributed by atoms with Gasteiger partial charge < -0.3 is 11.1 Å². The number of halogens is 1. The van der Waals surface area contributed by atoms with E-state index in [1.807, 2.05) is 6.92 Å². The number of aryl methyl sites for hydroxylation is 1. The molecule has 19 heavy (non-hydrogen) atoms. The Morgan fingerprint density at radius 1 is 1.53 bits per heavy atom. The second-order valence-electron chi connectivity index (χ2n) is 3.66. The number of rotatable bonds is 4. The summed E-state index contributed by atoms with van der Waals surface area (Å²) in [6.07, 6.45) is 0. The fourth-order valence-electron chi connectivity index (χ4n) is 1.28. The molecule has 2 aromatic rings. The molecule has 5 nitrogen and oxygen atoms in total. The molecule has 2 rings (SSSR count). The summed E-state index contributed by atoms with van der Waals surface area (Å²) >= 11 is 2.74. The number of amides is 1. The molecule has 0 bridgehead atoms. The van der Waals surface area contributed by atoms with E-state index in [9.17, 15) is 9.18 Å². The summed E-state index contributed by atoms with van der Waals surface area (Å²) in [4.78, 5) is 11.7. The number of aromatic nitrogens is 2. The third kappa shape index (κ3) is 3.90. The van der Waals surface area contributed by atoms with Crippen molar-refractivity contribution in [3.63, 3.8) is 0 Å². The van der Waals surface area contributed by atoms with Gasteiger partial charge in [-0.15, -0.1) is 10.2 Å². The minimum Gasteiger partial charge on any atom is -0.396 e. The molecule has 3 N–H and O–H groups in total. The van der Waals surface area contributed by atoms with Gasteiger partial charge in [0.25, 0.3) is 0 Å². The highest BCUT2D eigenvalue weighted by Gasteiger charge is 2.08. The van der Waals surface area contributed by atoms with Gasteiger partial charge in [-0.2, -0.15) is 0 Å². The number of hydrogen-bond donors (Lipinski definition) is 2. The topological polar surface area (TPSA) is 80.9 Å². The van der Waals surface area contributed by atoms with Crippen LogP contribution < -0.4 is 11.1 Å². The Morgan fingerprint density at radius 3 is 2.95 bits per heavy atom. The standard InChI is InChI=1S/C11H11FN4OS2/c1-6-15-16-11(19-6)18-5-10(17)14-7-2-3-8(12)9(13)4-7/h2-4H,5,13H2,1H3,(H,14,17). The number of nitrogens with two attached hydrogens (primary N) is 1. The Balaban J connectivity index is 1.88. The fourth-order valence-corrected chi connectivity index (χ4v) is 2.90. The average molecular weight is 298 g/mol. The molecule has 0 fully saturated rings. The van der Waals surface area contributed by atoms with Crippen LogP contribution in [0.2, 0.25) is 0 Å². The minimum atomic E-state index is -0.503. The molecule has 0 spiro atoms. The van der Waals surface area contributed by atoms with Crippen LogP contribution in [0.3, 0.4) is 0 Å². The van der Waals surface area contributed by atoms with E-state index in [0.29, 0.717) is 5.69 Å². The molecule has 0 atom stereocenters. The van der Waals surface area contributed by atoms with Crippen molar-refractivity contribution >= 4 is 40.4 Å². The molecule has 1 heterocycles. The number of nitrogen functional groups attached to an aromatic ring is 1. The highest BCUT2D eigenvalue weighted by molar-refractivity contribution is 8.01. The van der Waals surface area contributed by atoms with Gasteiger partial charge in [-0.1, -0.05) is 23.1 Å². The number of nitrogens with zero attached hydrogens (tertiary/aromatic N) is 2. The summed E-state index contributed by atoms with van der Waals surface area (Å²) in [7, 11) is 0. The van der Waals surface area contributed by atoms with Crippen molar-refractivity contribution in [2.24, 2.45) is 0 Å². The Bertz CT molecular complexity index is 602. The van der Waals surface area contributed by atoms with Crippen molar-refractivity contribution in [3.05, 3.63) is 29.0 Å². The van der Waals surface area contributed by atoms with E-state index in [1.54, 1.807) is 0 Å². The number of nitrogens with one attached hydrogen (secondary N) is 1. The smallest absolute Gasteiger partial charge is 0.234 e. The van der Waals surface area contributed by atoms with Crippen molar-refractivity contribution in [2.45, 2.75) is 11.3 Å². The number of thioether (sulfide) groups is 1. The molecule has 1 aromatic carbocycles. The van der Waals surface area contributed by atoms with Crippen molar-refractivity contribution < 1.29 is 9.18 Å². The Labute approximate surface area is 117 Å². The normalized spacial score (nSPS) is 10.4. The third-order valence-electron chi connectivity index (χ3n) is 2.11. The lowest BCUT2D eigenvalue weighted by molar-refractivity contribution is -0.113. The van der Waals surface area contributed by atoms with Crippen LogP contribution in [0.4, 0.5) is 15.8 Å². The number of anilines is 2. The SMILES string of the molecule is Cc1nnc(SCC(=O)Nc2ccc(F)c(N)c2)s1. The van der Waals surface area contributed by atoms with E-state index < -0.39 is 5.82 Å². The lowest BCUT2D eigenvalue weighted by Crippen LogP contribution is -2.14. The summed E-state index contributed by atoms with van der Waals surface area (Å²) in [5, 5.41) is 11.3. The number of carbonyl (C=O) groups is 1. The Hall–Kier alpha value is -1.67. The molecule has 1 amide bonds. The van der Waals surface area contributed by atoms with Gasteiger partial charge in [-0.25, -0.2) is 4.39 Å². The molecule has 0 aliphatic rings. The maximum atomic E-state index is 13.0. The van der Waals surface area contributed by atoms with E-state index in [0.717, 1.165) is 9.35 Å². The van der Waals surface area contributed by atoms with Crippen LogP contribution in [0, 0.1) is 12.7 Å². The first-order chi connectivity index (χ1) is 9.04. The highest BCUT2D eigenvalue weighted by Crippen LogP contribution is 2.22. The van der Waals surface area contributed by atoms with E-state index >= 15 is 0 Å². The molecule has 0 radical (unpaired) electrons. The zero-order valence-electron chi connectivity index (χ0n) is 10.0. The van der Waals surface area contributed by atoms with Crippen molar-refractivity contribution in [3.8, 4) is 0 Å². The van der Waals surface area contributed by atoms with E-state index in [4.69, 9.17) is 5.73 Å². The van der Waals surface area contributed by atoms with Crippen molar-refractivity contribution in [1.29, 1.82) is 0 Å². The van der Waals surface area contributed by atoms with E-state index in [1.165, 1.54) is 41.3 Å². The molecule has 0 aliphatic carbocycles. The van der Waals surface area contributed by atoms with Gasteiger partial charge in [0.2, 0.25) is 5.91 Å². The number of hydrogen-bond acceptors (Lipinski definition) is 6. The largest absolute Gasteiger partial charge is 0.396 e. The van der Waals surface area contributed by atoms with Crippen molar-refractivity contribution in [1.82, 2.24) is 10.2 Å². The van der Waals surface area contributed by atoms with Crippen LogP contribution in [0.15, 0.2) is 22.5 Å².